The van der Waals surface area contributed by atoms with Gasteiger partial charge in [-0.15, -0.1) is 10.2 Å². The molecule has 6 nitrogen and oxygen atoms in total. The number of aryl methyl sites for hydroxylation is 1. The second-order valence-corrected chi connectivity index (χ2v) is 3.95. The standard InChI is InChI=1S/C12H16N4O2/c1-2-16-8-14-15-12(16)7-13-6-9-3-4-10(17)5-11(9)18/h3-5,8,13,17-18H,2,6-7H2,1H3. The molecule has 0 radical (unpaired) electrons. The molecule has 0 aliphatic heterocycles. The maximum Gasteiger partial charge on any atom is 0.146 e. The predicted octanol–water partition coefficient (Wildman–Crippen LogP) is 0.999. The van der Waals surface area contributed by atoms with Crippen LogP contribution in [0.5, 0.6) is 11.5 Å². The van der Waals surface area contributed by atoms with Crippen molar-refractivity contribution in [2.75, 3.05) is 0 Å². The SMILES string of the molecule is CCn1cnnc1CNCc1ccc(O)cc1O. The lowest BCUT2D eigenvalue weighted by Gasteiger charge is -2.07. The van der Waals surface area contributed by atoms with Gasteiger partial charge in [0.05, 0.1) is 6.54 Å². The van der Waals surface area contributed by atoms with Gasteiger partial charge in [-0.2, -0.15) is 0 Å². The Morgan fingerprint density at radius 3 is 2.83 bits per heavy atom. The van der Waals surface area contributed by atoms with Gasteiger partial charge in [0.25, 0.3) is 0 Å². The Morgan fingerprint density at radius 2 is 2.11 bits per heavy atom. The summed E-state index contributed by atoms with van der Waals surface area (Å²) in [6.45, 7) is 3.93. The minimum absolute atomic E-state index is 0.0574. The van der Waals surface area contributed by atoms with E-state index in [9.17, 15) is 10.2 Å². The maximum absolute atomic E-state index is 9.62. The van der Waals surface area contributed by atoms with Crippen LogP contribution in [0.4, 0.5) is 0 Å². The number of nitrogens with zero attached hydrogens (tertiary/aromatic N) is 3. The first-order valence-electron chi connectivity index (χ1n) is 5.79. The van der Waals surface area contributed by atoms with Gasteiger partial charge in [-0.25, -0.2) is 0 Å². The lowest BCUT2D eigenvalue weighted by atomic mass is 10.2. The first kappa shape index (κ1) is 12.4. The molecule has 0 unspecified atom stereocenters. The Bertz CT molecular complexity index is 525. The van der Waals surface area contributed by atoms with E-state index in [1.165, 1.54) is 6.07 Å². The lowest BCUT2D eigenvalue weighted by Crippen LogP contribution is -2.16. The number of phenolic OH excluding ortho intramolecular Hbond substituents is 2. The van der Waals surface area contributed by atoms with Gasteiger partial charge in [0.1, 0.15) is 23.7 Å². The number of hydrogen-bond acceptors (Lipinski definition) is 5. The summed E-state index contributed by atoms with van der Waals surface area (Å²) in [5.41, 5.74) is 0.732. The molecule has 0 aliphatic rings. The highest BCUT2D eigenvalue weighted by molar-refractivity contribution is 5.38. The smallest absolute Gasteiger partial charge is 0.146 e. The first-order chi connectivity index (χ1) is 8.70. The molecular formula is C12H16N4O2. The predicted molar refractivity (Wildman–Crippen MR) is 66.0 cm³/mol. The summed E-state index contributed by atoms with van der Waals surface area (Å²) < 4.78 is 1.95. The fraction of sp³-hybridized carbons (Fsp3) is 0.333. The van der Waals surface area contributed by atoms with E-state index in [0.717, 1.165) is 17.9 Å². The monoisotopic (exact) mass is 248 g/mol. The van der Waals surface area contributed by atoms with Gasteiger partial charge in [-0.3, -0.25) is 0 Å². The van der Waals surface area contributed by atoms with E-state index < -0.39 is 0 Å². The van der Waals surface area contributed by atoms with Crippen LogP contribution < -0.4 is 5.32 Å². The van der Waals surface area contributed by atoms with Crippen molar-refractivity contribution >= 4 is 0 Å². The molecule has 2 rings (SSSR count). The molecule has 0 aliphatic carbocycles. The summed E-state index contributed by atoms with van der Waals surface area (Å²) in [6, 6.07) is 4.55. The second-order valence-electron chi connectivity index (χ2n) is 3.95. The summed E-state index contributed by atoms with van der Waals surface area (Å²) in [7, 11) is 0. The highest BCUT2D eigenvalue weighted by Gasteiger charge is 2.04. The summed E-state index contributed by atoms with van der Waals surface area (Å²) in [6.07, 6.45) is 1.69. The van der Waals surface area contributed by atoms with E-state index in [2.05, 4.69) is 15.5 Å². The van der Waals surface area contributed by atoms with Crippen LogP contribution in [0, 0.1) is 0 Å². The molecule has 1 heterocycles. The van der Waals surface area contributed by atoms with Gasteiger partial charge >= 0.3 is 0 Å². The Morgan fingerprint density at radius 1 is 1.28 bits per heavy atom. The Hall–Kier alpha value is -2.08. The number of phenols is 2. The topological polar surface area (TPSA) is 83.2 Å². The van der Waals surface area contributed by atoms with Crippen molar-refractivity contribution in [2.45, 2.75) is 26.6 Å². The Labute approximate surface area is 105 Å². The quantitative estimate of drug-likeness (QED) is 0.735. The summed E-state index contributed by atoms with van der Waals surface area (Å²) in [4.78, 5) is 0. The molecule has 6 heteroatoms. The average Bonchev–Trinajstić information content (AvgIpc) is 2.79. The third-order valence-electron chi connectivity index (χ3n) is 2.70. The van der Waals surface area contributed by atoms with E-state index in [1.54, 1.807) is 18.5 Å². The van der Waals surface area contributed by atoms with Gasteiger partial charge in [-0.1, -0.05) is 6.07 Å². The minimum Gasteiger partial charge on any atom is -0.508 e. The Kier molecular flexibility index (Phi) is 3.78. The highest BCUT2D eigenvalue weighted by atomic mass is 16.3. The number of nitrogens with one attached hydrogen (secondary N) is 1. The number of aromatic nitrogens is 3. The lowest BCUT2D eigenvalue weighted by molar-refractivity contribution is 0.443. The van der Waals surface area contributed by atoms with Crippen LogP contribution >= 0.6 is 0 Å². The van der Waals surface area contributed by atoms with Crippen LogP contribution in [-0.4, -0.2) is 25.0 Å². The van der Waals surface area contributed by atoms with Crippen molar-refractivity contribution in [3.8, 4) is 11.5 Å². The number of hydrogen-bond donors (Lipinski definition) is 3. The summed E-state index contributed by atoms with van der Waals surface area (Å²) in [5, 5.41) is 29.8. The fourth-order valence-corrected chi connectivity index (χ4v) is 1.69. The maximum atomic E-state index is 9.62. The Balaban J connectivity index is 1.92. The molecule has 1 aromatic heterocycles. The van der Waals surface area contributed by atoms with E-state index in [-0.39, 0.29) is 11.5 Å². The van der Waals surface area contributed by atoms with Gasteiger partial charge in [0, 0.05) is 24.7 Å². The molecule has 3 N–H and O–H groups in total. The second kappa shape index (κ2) is 5.50. The van der Waals surface area contributed by atoms with Crippen molar-refractivity contribution in [3.63, 3.8) is 0 Å². The van der Waals surface area contributed by atoms with Crippen LogP contribution in [0.2, 0.25) is 0 Å². The molecule has 0 spiro atoms. The van der Waals surface area contributed by atoms with Crippen LogP contribution in [0.25, 0.3) is 0 Å². The third kappa shape index (κ3) is 2.78. The molecule has 0 fully saturated rings. The number of aromatic hydroxyl groups is 2. The molecule has 0 atom stereocenters. The molecule has 0 amide bonds. The van der Waals surface area contributed by atoms with E-state index >= 15 is 0 Å². The molecule has 18 heavy (non-hydrogen) atoms. The molecule has 0 saturated carbocycles. The molecule has 0 bridgehead atoms. The highest BCUT2D eigenvalue weighted by Crippen LogP contribution is 2.22. The van der Waals surface area contributed by atoms with Gasteiger partial charge in [0.15, 0.2) is 0 Å². The normalized spacial score (nSPS) is 10.7. The molecule has 0 saturated heterocycles. The average molecular weight is 248 g/mol. The zero-order valence-corrected chi connectivity index (χ0v) is 10.2. The van der Waals surface area contributed by atoms with E-state index in [1.807, 2.05) is 11.5 Å². The minimum atomic E-state index is 0.0574. The van der Waals surface area contributed by atoms with E-state index in [0.29, 0.717) is 13.1 Å². The van der Waals surface area contributed by atoms with Crippen LogP contribution in [0.3, 0.4) is 0 Å². The van der Waals surface area contributed by atoms with Crippen LogP contribution in [0.1, 0.15) is 18.3 Å². The van der Waals surface area contributed by atoms with Crippen molar-refractivity contribution in [2.24, 2.45) is 0 Å². The molecule has 2 aromatic rings. The zero-order valence-electron chi connectivity index (χ0n) is 10.2. The molecule has 1 aromatic carbocycles. The van der Waals surface area contributed by atoms with Crippen molar-refractivity contribution < 1.29 is 10.2 Å². The van der Waals surface area contributed by atoms with Gasteiger partial charge in [-0.05, 0) is 13.0 Å². The molecule has 96 valence electrons. The van der Waals surface area contributed by atoms with Crippen LogP contribution in [0.15, 0.2) is 24.5 Å². The van der Waals surface area contributed by atoms with Crippen LogP contribution in [-0.2, 0) is 19.6 Å². The van der Waals surface area contributed by atoms with Gasteiger partial charge in [0.2, 0.25) is 0 Å². The summed E-state index contributed by atoms with van der Waals surface area (Å²) in [5.74, 6) is 0.997. The largest absolute Gasteiger partial charge is 0.508 e. The van der Waals surface area contributed by atoms with Crippen molar-refractivity contribution in [1.82, 2.24) is 20.1 Å². The van der Waals surface area contributed by atoms with Gasteiger partial charge < -0.3 is 20.1 Å². The first-order valence-corrected chi connectivity index (χ1v) is 5.79. The number of benzene rings is 1. The zero-order chi connectivity index (χ0) is 13.0. The van der Waals surface area contributed by atoms with Crippen molar-refractivity contribution in [1.29, 1.82) is 0 Å². The van der Waals surface area contributed by atoms with Crippen molar-refractivity contribution in [3.05, 3.63) is 35.9 Å². The number of rotatable bonds is 5. The fourth-order valence-electron chi connectivity index (χ4n) is 1.69. The van der Waals surface area contributed by atoms with E-state index in [4.69, 9.17) is 0 Å². The third-order valence-corrected chi connectivity index (χ3v) is 2.70. The molecular weight excluding hydrogens is 232 g/mol. The summed E-state index contributed by atoms with van der Waals surface area (Å²) >= 11 is 0.